The summed E-state index contributed by atoms with van der Waals surface area (Å²) in [5.74, 6) is 0. The average molecular weight is 380 g/mol. The molecule has 0 amide bonds. The SMILES string of the molecule is CCN1CCN([C@@H](C)CNS(=O)(=O)c2cc(Cl)ccc2Cl)CC1. The van der Waals surface area contributed by atoms with E-state index in [1.54, 1.807) is 6.07 Å². The number of hydrogen-bond donors (Lipinski definition) is 1. The predicted molar refractivity (Wildman–Crippen MR) is 94.8 cm³/mol. The zero-order valence-corrected chi connectivity index (χ0v) is 15.8. The Bertz CT molecular complexity index is 632. The summed E-state index contributed by atoms with van der Waals surface area (Å²) in [4.78, 5) is 4.71. The molecule has 130 valence electrons. The molecular formula is C15H23Cl2N3O2S. The molecule has 1 aromatic rings. The van der Waals surface area contributed by atoms with Gasteiger partial charge in [0.1, 0.15) is 4.90 Å². The molecule has 5 nitrogen and oxygen atoms in total. The number of benzene rings is 1. The molecule has 1 aliphatic rings. The van der Waals surface area contributed by atoms with Gasteiger partial charge in [0.25, 0.3) is 0 Å². The summed E-state index contributed by atoms with van der Waals surface area (Å²) in [5, 5.41) is 0.518. The second-order valence-electron chi connectivity index (χ2n) is 5.75. The molecule has 0 saturated carbocycles. The van der Waals surface area contributed by atoms with Crippen LogP contribution in [0.1, 0.15) is 13.8 Å². The lowest BCUT2D eigenvalue weighted by molar-refractivity contribution is 0.107. The van der Waals surface area contributed by atoms with Gasteiger partial charge in [0.05, 0.1) is 5.02 Å². The summed E-state index contributed by atoms with van der Waals surface area (Å²) in [7, 11) is -3.67. The van der Waals surface area contributed by atoms with Gasteiger partial charge in [-0.2, -0.15) is 0 Å². The highest BCUT2D eigenvalue weighted by atomic mass is 35.5. The standard InChI is InChI=1S/C15H23Cl2N3O2S/c1-3-19-6-8-20(9-7-19)12(2)11-18-23(21,22)15-10-13(16)4-5-14(15)17/h4-5,10,12,18H,3,6-9,11H2,1-2H3/t12-/m0/s1. The molecule has 1 aliphatic heterocycles. The maximum Gasteiger partial charge on any atom is 0.242 e. The van der Waals surface area contributed by atoms with Crippen LogP contribution in [0.25, 0.3) is 0 Å². The fourth-order valence-corrected chi connectivity index (χ4v) is 4.52. The molecule has 2 rings (SSSR count). The average Bonchev–Trinajstić information content (AvgIpc) is 2.55. The summed E-state index contributed by atoms with van der Waals surface area (Å²) >= 11 is 11.9. The van der Waals surface area contributed by atoms with E-state index in [-0.39, 0.29) is 16.0 Å². The van der Waals surface area contributed by atoms with Crippen molar-refractivity contribution < 1.29 is 8.42 Å². The molecule has 0 aliphatic carbocycles. The highest BCUT2D eigenvalue weighted by Gasteiger charge is 2.23. The van der Waals surface area contributed by atoms with Crippen LogP contribution in [0.5, 0.6) is 0 Å². The molecule has 1 fully saturated rings. The number of sulfonamides is 1. The molecule has 8 heteroatoms. The molecule has 0 radical (unpaired) electrons. The van der Waals surface area contributed by atoms with Gasteiger partial charge in [0.15, 0.2) is 0 Å². The second-order valence-corrected chi connectivity index (χ2v) is 8.32. The van der Waals surface area contributed by atoms with Crippen LogP contribution >= 0.6 is 23.2 Å². The third-order valence-electron chi connectivity index (χ3n) is 4.23. The number of likely N-dealkylation sites (N-methyl/N-ethyl adjacent to an activating group) is 1. The summed E-state index contributed by atoms with van der Waals surface area (Å²) < 4.78 is 27.5. The van der Waals surface area contributed by atoms with Gasteiger partial charge in [0.2, 0.25) is 10.0 Å². The van der Waals surface area contributed by atoms with Crippen LogP contribution in [0.15, 0.2) is 23.1 Å². The summed E-state index contributed by atoms with van der Waals surface area (Å²) in [6.07, 6.45) is 0. The maximum absolute atomic E-state index is 12.4. The molecule has 1 heterocycles. The lowest BCUT2D eigenvalue weighted by atomic mass is 10.2. The van der Waals surface area contributed by atoms with Crippen molar-refractivity contribution in [2.75, 3.05) is 39.3 Å². The minimum absolute atomic E-state index is 0.0228. The van der Waals surface area contributed by atoms with Crippen LogP contribution in [0.3, 0.4) is 0 Å². The van der Waals surface area contributed by atoms with Crippen molar-refractivity contribution in [3.63, 3.8) is 0 Å². The molecule has 1 saturated heterocycles. The van der Waals surface area contributed by atoms with Gasteiger partial charge in [0, 0.05) is 43.8 Å². The monoisotopic (exact) mass is 379 g/mol. The molecule has 0 unspecified atom stereocenters. The van der Waals surface area contributed by atoms with E-state index in [2.05, 4.69) is 21.4 Å². The Morgan fingerprint density at radius 3 is 2.48 bits per heavy atom. The Morgan fingerprint density at radius 2 is 1.87 bits per heavy atom. The van der Waals surface area contributed by atoms with Crippen molar-refractivity contribution >= 4 is 33.2 Å². The summed E-state index contributed by atoms with van der Waals surface area (Å²) in [6.45, 7) is 9.54. The third-order valence-corrected chi connectivity index (χ3v) is 6.37. The van der Waals surface area contributed by atoms with E-state index in [9.17, 15) is 8.42 Å². The largest absolute Gasteiger partial charge is 0.301 e. The van der Waals surface area contributed by atoms with Gasteiger partial charge >= 0.3 is 0 Å². The zero-order chi connectivity index (χ0) is 17.0. The first kappa shape index (κ1) is 19.0. The minimum atomic E-state index is -3.67. The lowest BCUT2D eigenvalue weighted by Crippen LogP contribution is -2.52. The fourth-order valence-electron chi connectivity index (χ4n) is 2.64. The third kappa shape index (κ3) is 5.05. The molecule has 0 spiro atoms. The number of hydrogen-bond acceptors (Lipinski definition) is 4. The zero-order valence-electron chi connectivity index (χ0n) is 13.4. The first-order chi connectivity index (χ1) is 10.8. The van der Waals surface area contributed by atoms with Crippen LogP contribution in [-0.4, -0.2) is 63.5 Å². The Hall–Kier alpha value is -0.370. The highest BCUT2D eigenvalue weighted by molar-refractivity contribution is 7.89. The van der Waals surface area contributed by atoms with E-state index in [1.165, 1.54) is 12.1 Å². The lowest BCUT2D eigenvalue weighted by Gasteiger charge is -2.37. The summed E-state index contributed by atoms with van der Waals surface area (Å²) in [6, 6.07) is 4.56. The van der Waals surface area contributed by atoms with E-state index in [0.29, 0.717) is 11.6 Å². The molecule has 23 heavy (non-hydrogen) atoms. The van der Waals surface area contributed by atoms with Gasteiger partial charge in [-0.1, -0.05) is 30.1 Å². The Balaban J connectivity index is 1.95. The normalized spacial score (nSPS) is 19.0. The van der Waals surface area contributed by atoms with Crippen LogP contribution in [0, 0.1) is 0 Å². The molecule has 0 bridgehead atoms. The quantitative estimate of drug-likeness (QED) is 0.823. The van der Waals surface area contributed by atoms with Gasteiger partial charge in [-0.3, -0.25) is 4.90 Å². The first-order valence-electron chi connectivity index (χ1n) is 7.74. The number of halogens is 2. The smallest absolute Gasteiger partial charge is 0.242 e. The summed E-state index contributed by atoms with van der Waals surface area (Å²) in [5.41, 5.74) is 0. The van der Waals surface area contributed by atoms with E-state index in [1.807, 2.05) is 6.92 Å². The predicted octanol–water partition coefficient (Wildman–Crippen LogP) is 2.30. The Kier molecular flexibility index (Phi) is 6.71. The fraction of sp³-hybridized carbons (Fsp3) is 0.600. The molecule has 1 N–H and O–H groups in total. The number of rotatable bonds is 6. The van der Waals surface area contributed by atoms with Crippen molar-refractivity contribution in [3.05, 3.63) is 28.2 Å². The number of nitrogens with one attached hydrogen (secondary N) is 1. The van der Waals surface area contributed by atoms with Gasteiger partial charge in [-0.15, -0.1) is 0 Å². The maximum atomic E-state index is 12.4. The van der Waals surface area contributed by atoms with Crippen molar-refractivity contribution in [2.24, 2.45) is 0 Å². The second kappa shape index (κ2) is 8.14. The highest BCUT2D eigenvalue weighted by Crippen LogP contribution is 2.24. The Labute approximate surface area is 148 Å². The van der Waals surface area contributed by atoms with Gasteiger partial charge in [-0.25, -0.2) is 13.1 Å². The van der Waals surface area contributed by atoms with E-state index in [0.717, 1.165) is 32.7 Å². The van der Waals surface area contributed by atoms with Crippen molar-refractivity contribution in [1.29, 1.82) is 0 Å². The van der Waals surface area contributed by atoms with E-state index < -0.39 is 10.0 Å². The van der Waals surface area contributed by atoms with Crippen LogP contribution in [-0.2, 0) is 10.0 Å². The van der Waals surface area contributed by atoms with Crippen molar-refractivity contribution in [1.82, 2.24) is 14.5 Å². The van der Waals surface area contributed by atoms with E-state index >= 15 is 0 Å². The first-order valence-corrected chi connectivity index (χ1v) is 9.98. The minimum Gasteiger partial charge on any atom is -0.301 e. The molecular weight excluding hydrogens is 357 g/mol. The van der Waals surface area contributed by atoms with Gasteiger partial charge in [-0.05, 0) is 31.7 Å². The van der Waals surface area contributed by atoms with Crippen LogP contribution < -0.4 is 4.72 Å². The van der Waals surface area contributed by atoms with Crippen molar-refractivity contribution in [2.45, 2.75) is 24.8 Å². The number of piperazine rings is 1. The topological polar surface area (TPSA) is 52.6 Å². The number of nitrogens with zero attached hydrogens (tertiary/aromatic N) is 2. The van der Waals surface area contributed by atoms with Gasteiger partial charge < -0.3 is 4.90 Å². The van der Waals surface area contributed by atoms with Crippen LogP contribution in [0.2, 0.25) is 10.0 Å². The van der Waals surface area contributed by atoms with E-state index in [4.69, 9.17) is 23.2 Å². The molecule has 1 aromatic carbocycles. The molecule has 1 atom stereocenters. The Morgan fingerprint density at radius 1 is 1.22 bits per heavy atom. The molecule has 0 aromatic heterocycles. The van der Waals surface area contributed by atoms with Crippen molar-refractivity contribution in [3.8, 4) is 0 Å². The van der Waals surface area contributed by atoms with Crippen LogP contribution in [0.4, 0.5) is 0 Å².